The van der Waals surface area contributed by atoms with E-state index in [9.17, 15) is 52.7 Å². The first-order valence-corrected chi connectivity index (χ1v) is 21.0. The molecule has 0 bridgehead atoms. The van der Waals surface area contributed by atoms with E-state index in [2.05, 4.69) is 0 Å². The summed E-state index contributed by atoms with van der Waals surface area (Å²) in [7, 11) is 0. The van der Waals surface area contributed by atoms with Gasteiger partial charge in [-0.05, 0) is 35.4 Å². The van der Waals surface area contributed by atoms with Gasteiger partial charge in [0.15, 0.2) is 128 Å². The molecule has 0 radical (unpaired) electrons. The van der Waals surface area contributed by atoms with Crippen LogP contribution in [0.5, 0.6) is 0 Å². The molecule has 0 fully saturated rings. The van der Waals surface area contributed by atoms with E-state index in [1.165, 1.54) is 0 Å². The third-order valence-electron chi connectivity index (χ3n) is 12.0. The number of rotatable bonds is 7. The Labute approximate surface area is 437 Å². The van der Waals surface area contributed by atoms with Crippen molar-refractivity contribution in [1.29, 1.82) is 0 Å². The monoisotopic (exact) mass is 1260 g/mol. The Hall–Kier alpha value is -8.50. The van der Waals surface area contributed by atoms with E-state index < -0.39 is 288 Å². The van der Waals surface area contributed by atoms with E-state index in [1.54, 1.807) is 0 Å². The molecule has 0 spiro atoms. The minimum Gasteiger partial charge on any atom is -0.300 e. The van der Waals surface area contributed by atoms with Crippen molar-refractivity contribution < 1.29 is 149 Å². The van der Waals surface area contributed by atoms with Crippen molar-refractivity contribution in [1.82, 2.24) is 0 Å². The van der Waals surface area contributed by atoms with Crippen LogP contribution in [0.1, 0.15) is 22.3 Å². The zero-order valence-corrected chi connectivity index (χ0v) is 38.2. The van der Waals surface area contributed by atoms with Gasteiger partial charge >= 0.3 is 24.7 Å². The first kappa shape index (κ1) is 61.6. The molecule has 8 rings (SSSR count). The van der Waals surface area contributed by atoms with Gasteiger partial charge in [-0.25, -0.2) is 96.6 Å². The number of halogens is 34. The minimum atomic E-state index is -6.57. The standard InChI is InChI=1S/C48H6F34N2/c49-19-13-15(21(51)33(63)31(19)61)25(55)41(35(65)23(13)53)83(43-37(67)27(57)17(47(77,78)79)28(58)38(43)68)7-1-3-9(11(5-7)45(71,72)73)10-4-2-8(6-12(10)46(74,75)76)84(44-39(69)29(59)18(48(80,81)82)30(60)40(44)70)42-26(56)16-14(24(54)36(42)66)20(50)32(62)34(64)22(16)52/h1-6H. The summed E-state index contributed by atoms with van der Waals surface area (Å²) >= 11 is 0. The summed E-state index contributed by atoms with van der Waals surface area (Å²) < 4.78 is 511. The first-order chi connectivity index (χ1) is 38.5. The topological polar surface area (TPSA) is 6.48 Å². The number of benzene rings is 8. The summed E-state index contributed by atoms with van der Waals surface area (Å²) in [5, 5.41) is -10.9. The van der Waals surface area contributed by atoms with E-state index in [-0.39, 0.29) is 0 Å². The molecular formula is C48H6F34N2. The number of fused-ring (bicyclic) bond motifs is 2. The van der Waals surface area contributed by atoms with Crippen LogP contribution in [0, 0.1) is 128 Å². The quantitative estimate of drug-likeness (QED) is 0.0891. The molecular weight excluding hydrogens is 1250 g/mol. The van der Waals surface area contributed by atoms with Crippen LogP contribution in [0.15, 0.2) is 36.4 Å². The van der Waals surface area contributed by atoms with Gasteiger partial charge in [-0.2, -0.15) is 52.7 Å². The second kappa shape index (κ2) is 20.1. The lowest BCUT2D eigenvalue weighted by Crippen LogP contribution is -2.24. The number of nitrogens with zero attached hydrogens (tertiary/aromatic N) is 2. The van der Waals surface area contributed by atoms with Gasteiger partial charge < -0.3 is 0 Å². The van der Waals surface area contributed by atoms with Crippen LogP contribution in [-0.2, 0) is 24.7 Å². The van der Waals surface area contributed by atoms with Crippen LogP contribution in [-0.4, -0.2) is 0 Å². The largest absolute Gasteiger partial charge is 0.422 e. The molecule has 0 heterocycles. The number of alkyl halides is 12. The third kappa shape index (κ3) is 9.15. The summed E-state index contributed by atoms with van der Waals surface area (Å²) in [6.45, 7) is 0. The number of hydrogen-bond donors (Lipinski definition) is 0. The molecule has 8 aromatic rings. The Morgan fingerprint density at radius 1 is 0.214 bits per heavy atom. The second-order valence-electron chi connectivity index (χ2n) is 16.7. The van der Waals surface area contributed by atoms with Gasteiger partial charge in [0.1, 0.15) is 33.9 Å². The van der Waals surface area contributed by atoms with E-state index in [0.717, 1.165) is 0 Å². The summed E-state index contributed by atoms with van der Waals surface area (Å²) in [5.41, 5.74) is -35.2. The lowest BCUT2D eigenvalue weighted by Gasteiger charge is -2.30. The highest BCUT2D eigenvalue weighted by Crippen LogP contribution is 2.54. The van der Waals surface area contributed by atoms with Crippen molar-refractivity contribution in [3.8, 4) is 11.1 Å². The number of hydrogen-bond acceptors (Lipinski definition) is 2. The highest BCUT2D eigenvalue weighted by atomic mass is 19.4. The highest BCUT2D eigenvalue weighted by Gasteiger charge is 2.48. The zero-order chi connectivity index (χ0) is 63.3. The van der Waals surface area contributed by atoms with Gasteiger partial charge in [-0.3, -0.25) is 9.80 Å². The Kier molecular flexibility index (Phi) is 14.7. The Morgan fingerprint density at radius 2 is 0.417 bits per heavy atom. The van der Waals surface area contributed by atoms with E-state index in [4.69, 9.17) is 0 Å². The summed E-state index contributed by atoms with van der Waals surface area (Å²) in [6.07, 6.45) is -26.3. The fraction of sp³-hybridized carbons (Fsp3) is 0.0833. The molecule has 0 saturated heterocycles. The van der Waals surface area contributed by atoms with Crippen LogP contribution in [0.3, 0.4) is 0 Å². The second-order valence-corrected chi connectivity index (χ2v) is 16.7. The molecule has 84 heavy (non-hydrogen) atoms. The Balaban J connectivity index is 1.50. The number of anilines is 6. The Morgan fingerprint density at radius 3 is 0.643 bits per heavy atom. The molecule has 0 saturated carbocycles. The maximum absolute atomic E-state index is 16.4. The lowest BCUT2D eigenvalue weighted by atomic mass is 9.92. The highest BCUT2D eigenvalue weighted by molar-refractivity contribution is 5.95. The van der Waals surface area contributed by atoms with Gasteiger partial charge in [-0.1, -0.05) is 12.1 Å². The van der Waals surface area contributed by atoms with E-state index in [1.807, 2.05) is 0 Å². The smallest absolute Gasteiger partial charge is 0.300 e. The summed E-state index contributed by atoms with van der Waals surface area (Å²) in [5.74, 6) is -74.8. The predicted octanol–water partition coefficient (Wildman–Crippen LogP) is 19.7. The SMILES string of the molecule is Fc1c(F)c(C(F)(F)F)c(F)c(F)c1N(c1ccc(-c2ccc(N(c3c(F)c(F)c(C(F)(F)F)c(F)c3F)c3c(F)c(F)c4c(F)c(F)c(F)c(F)c4c3F)cc2C(F)(F)F)c(C(F)(F)F)c1)c1c(F)c(F)c2c(F)c(F)c(F)c(F)c2c1F. The van der Waals surface area contributed by atoms with Crippen molar-refractivity contribution in [3.63, 3.8) is 0 Å². The maximum Gasteiger partial charge on any atom is 0.422 e. The Bertz CT molecular complexity index is 3850. The van der Waals surface area contributed by atoms with Gasteiger partial charge in [0, 0.05) is 11.4 Å². The van der Waals surface area contributed by atoms with Gasteiger partial charge in [0.2, 0.25) is 0 Å². The fourth-order valence-corrected chi connectivity index (χ4v) is 8.49. The van der Waals surface area contributed by atoms with Crippen LogP contribution in [0.25, 0.3) is 32.7 Å². The molecule has 446 valence electrons. The van der Waals surface area contributed by atoms with Crippen LogP contribution in [0.2, 0.25) is 0 Å². The van der Waals surface area contributed by atoms with Crippen LogP contribution < -0.4 is 9.80 Å². The van der Waals surface area contributed by atoms with Crippen molar-refractivity contribution >= 4 is 55.7 Å². The normalized spacial score (nSPS) is 12.6. The molecule has 36 heteroatoms. The van der Waals surface area contributed by atoms with Crippen molar-refractivity contribution in [2.75, 3.05) is 9.80 Å². The van der Waals surface area contributed by atoms with Crippen molar-refractivity contribution in [2.45, 2.75) is 24.7 Å². The summed E-state index contributed by atoms with van der Waals surface area (Å²) in [4.78, 5) is -3.03. The maximum atomic E-state index is 16.4. The molecule has 0 aliphatic heterocycles. The zero-order valence-electron chi connectivity index (χ0n) is 38.2. The molecule has 0 unspecified atom stereocenters. The van der Waals surface area contributed by atoms with Gasteiger partial charge in [-0.15, -0.1) is 0 Å². The van der Waals surface area contributed by atoms with Gasteiger partial charge in [0.25, 0.3) is 0 Å². The van der Waals surface area contributed by atoms with Crippen molar-refractivity contribution in [2.24, 2.45) is 0 Å². The first-order valence-electron chi connectivity index (χ1n) is 21.0. The lowest BCUT2D eigenvalue weighted by molar-refractivity contribution is -0.144. The molecule has 2 nitrogen and oxygen atoms in total. The van der Waals surface area contributed by atoms with E-state index in [0.29, 0.717) is 0 Å². The molecule has 0 atom stereocenters. The average Bonchev–Trinajstić information content (AvgIpc) is 0.803. The van der Waals surface area contributed by atoms with Crippen LogP contribution >= 0.6 is 0 Å². The van der Waals surface area contributed by atoms with E-state index >= 15 is 96.6 Å². The molecule has 0 amide bonds. The van der Waals surface area contributed by atoms with Gasteiger partial charge in [0.05, 0.1) is 32.7 Å². The summed E-state index contributed by atoms with van der Waals surface area (Å²) in [6, 6.07) is -4.16. The van der Waals surface area contributed by atoms with Crippen molar-refractivity contribution in [3.05, 3.63) is 187 Å². The average molecular weight is 1260 g/mol. The molecule has 0 aromatic heterocycles. The molecule has 0 aliphatic carbocycles. The van der Waals surface area contributed by atoms with Crippen LogP contribution in [0.4, 0.5) is 183 Å². The predicted molar refractivity (Wildman–Crippen MR) is 215 cm³/mol. The fourth-order valence-electron chi connectivity index (χ4n) is 8.49. The molecule has 8 aromatic carbocycles. The third-order valence-corrected chi connectivity index (χ3v) is 12.0. The molecule has 0 N–H and O–H groups in total. The minimum absolute atomic E-state index is 0.503. The molecule has 0 aliphatic rings.